The van der Waals surface area contributed by atoms with E-state index in [0.29, 0.717) is 5.69 Å². The van der Waals surface area contributed by atoms with Crippen molar-refractivity contribution in [1.82, 2.24) is 9.29 Å². The Morgan fingerprint density at radius 2 is 2.10 bits per heavy atom. The third-order valence-corrected chi connectivity index (χ3v) is 4.15. The van der Waals surface area contributed by atoms with Gasteiger partial charge in [-0.25, -0.2) is 21.9 Å². The highest BCUT2D eigenvalue weighted by atomic mass is 32.2. The third kappa shape index (κ3) is 5.34. The molecule has 0 aliphatic carbocycles. The monoisotopic (exact) mass is 326 g/mol. The zero-order valence-corrected chi connectivity index (χ0v) is 12.7. The van der Waals surface area contributed by atoms with Crippen LogP contribution in [0.25, 0.3) is 0 Å². The van der Waals surface area contributed by atoms with Crippen LogP contribution in [0.5, 0.6) is 0 Å². The Morgan fingerprint density at radius 1 is 1.43 bits per heavy atom. The highest BCUT2D eigenvalue weighted by Gasteiger charge is 2.18. The molecule has 0 saturated heterocycles. The Labute approximate surface area is 122 Å². The minimum absolute atomic E-state index is 0.00507. The van der Waals surface area contributed by atoms with E-state index in [1.165, 1.54) is 12.3 Å². The van der Waals surface area contributed by atoms with Gasteiger partial charge in [-0.05, 0) is 19.9 Å². The van der Waals surface area contributed by atoms with Gasteiger partial charge in [0.2, 0.25) is 10.0 Å². The van der Waals surface area contributed by atoms with Crippen molar-refractivity contribution in [2.45, 2.75) is 37.8 Å². The zero-order chi connectivity index (χ0) is 16.0. The Morgan fingerprint density at radius 3 is 2.57 bits per heavy atom. The summed E-state index contributed by atoms with van der Waals surface area (Å²) in [5, 5.41) is 9.22. The molecule has 0 fully saturated rings. The number of aliphatic hydroxyl groups excluding tert-OH is 1. The van der Waals surface area contributed by atoms with Gasteiger partial charge in [0.25, 0.3) is 6.43 Å². The second-order valence-electron chi connectivity index (χ2n) is 4.69. The van der Waals surface area contributed by atoms with Gasteiger partial charge in [0.1, 0.15) is 6.61 Å². The average molecular weight is 326 g/mol. The molecular weight excluding hydrogens is 306 g/mol. The van der Waals surface area contributed by atoms with Gasteiger partial charge in [-0.1, -0.05) is 0 Å². The molecule has 0 saturated carbocycles. The Balaban J connectivity index is 2.66. The van der Waals surface area contributed by atoms with Gasteiger partial charge in [-0.2, -0.15) is 0 Å². The lowest BCUT2D eigenvalue weighted by atomic mass is 10.3. The number of halogens is 2. The molecule has 6 nitrogen and oxygen atoms in total. The van der Waals surface area contributed by atoms with Crippen molar-refractivity contribution in [3.8, 4) is 0 Å². The van der Waals surface area contributed by atoms with Crippen molar-refractivity contribution < 1.29 is 27.0 Å². The highest BCUT2D eigenvalue weighted by molar-refractivity contribution is 7.89. The van der Waals surface area contributed by atoms with Crippen LogP contribution in [0.4, 0.5) is 8.78 Å². The predicted octanol–water partition coefficient (Wildman–Crippen LogP) is 1.12. The van der Waals surface area contributed by atoms with Crippen molar-refractivity contribution >= 4 is 10.0 Å². The summed E-state index contributed by atoms with van der Waals surface area (Å²) >= 11 is 0. The maximum absolute atomic E-state index is 12.0. The van der Waals surface area contributed by atoms with E-state index in [1.807, 2.05) is 13.8 Å². The van der Waals surface area contributed by atoms with Gasteiger partial charge in [0.15, 0.2) is 0 Å². The van der Waals surface area contributed by atoms with Crippen molar-refractivity contribution in [3.05, 3.63) is 18.0 Å². The first kappa shape index (κ1) is 18.0. The molecule has 0 radical (unpaired) electrons. The molecule has 0 spiro atoms. The van der Waals surface area contributed by atoms with Crippen molar-refractivity contribution in [2.75, 3.05) is 19.8 Å². The molecule has 0 bridgehead atoms. The van der Waals surface area contributed by atoms with Crippen LogP contribution >= 0.6 is 0 Å². The number of aliphatic hydroxyl groups is 1. The molecule has 1 aromatic heterocycles. The minimum Gasteiger partial charge on any atom is -0.390 e. The summed E-state index contributed by atoms with van der Waals surface area (Å²) < 4.78 is 56.2. The van der Waals surface area contributed by atoms with Gasteiger partial charge in [0, 0.05) is 24.5 Å². The van der Waals surface area contributed by atoms with Crippen LogP contribution in [0.1, 0.15) is 25.6 Å². The Kier molecular flexibility index (Phi) is 6.72. The van der Waals surface area contributed by atoms with Gasteiger partial charge in [-0.15, -0.1) is 0 Å². The standard InChI is InChI=1S/C12H20F2N2O4S/c1-9(2)16-6-11(5-10(16)7-17)21(18,19)15-3-4-20-8-12(13)14/h5-6,9,12,15,17H,3-4,7-8H2,1-2H3. The van der Waals surface area contributed by atoms with E-state index in [-0.39, 0.29) is 30.7 Å². The third-order valence-electron chi connectivity index (χ3n) is 2.72. The Bertz CT molecular complexity index is 543. The molecule has 1 rings (SSSR count). The van der Waals surface area contributed by atoms with Crippen LogP contribution in [0.3, 0.4) is 0 Å². The average Bonchev–Trinajstić information content (AvgIpc) is 2.82. The molecule has 0 atom stereocenters. The van der Waals surface area contributed by atoms with Gasteiger partial charge in [0.05, 0.1) is 18.1 Å². The van der Waals surface area contributed by atoms with E-state index in [1.54, 1.807) is 4.57 Å². The van der Waals surface area contributed by atoms with E-state index in [0.717, 1.165) is 0 Å². The number of ether oxygens (including phenoxy) is 1. The second kappa shape index (κ2) is 7.83. The SMILES string of the molecule is CC(C)n1cc(S(=O)(=O)NCCOCC(F)F)cc1CO. The number of aromatic nitrogens is 1. The van der Waals surface area contributed by atoms with Crippen molar-refractivity contribution in [3.63, 3.8) is 0 Å². The van der Waals surface area contributed by atoms with Crippen LogP contribution < -0.4 is 4.72 Å². The van der Waals surface area contributed by atoms with Gasteiger partial charge >= 0.3 is 0 Å². The van der Waals surface area contributed by atoms with E-state index >= 15 is 0 Å². The molecule has 122 valence electrons. The van der Waals surface area contributed by atoms with Crippen molar-refractivity contribution in [1.29, 1.82) is 0 Å². The molecule has 0 aliphatic rings. The number of nitrogens with zero attached hydrogens (tertiary/aromatic N) is 1. The summed E-state index contributed by atoms with van der Waals surface area (Å²) in [7, 11) is -3.76. The number of sulfonamides is 1. The van der Waals surface area contributed by atoms with E-state index in [4.69, 9.17) is 0 Å². The molecular formula is C12H20F2N2O4S. The summed E-state index contributed by atoms with van der Waals surface area (Å²) in [6.45, 7) is 2.49. The number of hydrogen-bond donors (Lipinski definition) is 2. The predicted molar refractivity (Wildman–Crippen MR) is 72.8 cm³/mol. The number of alkyl halides is 2. The van der Waals surface area contributed by atoms with E-state index in [2.05, 4.69) is 9.46 Å². The molecule has 1 heterocycles. The first-order chi connectivity index (χ1) is 9.77. The molecule has 0 unspecified atom stereocenters. The quantitative estimate of drug-likeness (QED) is 0.667. The summed E-state index contributed by atoms with van der Waals surface area (Å²) in [6, 6.07) is 1.38. The summed E-state index contributed by atoms with van der Waals surface area (Å²) in [6.07, 6.45) is -1.15. The normalized spacial score (nSPS) is 12.5. The molecule has 1 aromatic rings. The smallest absolute Gasteiger partial charge is 0.261 e. The lowest BCUT2D eigenvalue weighted by Gasteiger charge is -2.10. The lowest BCUT2D eigenvalue weighted by Crippen LogP contribution is -2.27. The molecule has 21 heavy (non-hydrogen) atoms. The molecule has 9 heteroatoms. The van der Waals surface area contributed by atoms with Crippen LogP contribution in [0.2, 0.25) is 0 Å². The fraction of sp³-hybridized carbons (Fsp3) is 0.667. The number of hydrogen-bond acceptors (Lipinski definition) is 4. The molecule has 0 aromatic carbocycles. The summed E-state index contributed by atoms with van der Waals surface area (Å²) in [4.78, 5) is 0.0223. The zero-order valence-electron chi connectivity index (χ0n) is 11.9. The first-order valence-electron chi connectivity index (χ1n) is 6.45. The second-order valence-corrected chi connectivity index (χ2v) is 6.46. The van der Waals surface area contributed by atoms with Gasteiger partial charge in [-0.3, -0.25) is 0 Å². The van der Waals surface area contributed by atoms with Crippen LogP contribution in [-0.2, 0) is 21.4 Å². The molecule has 2 N–H and O–H groups in total. The molecule has 0 amide bonds. The fourth-order valence-electron chi connectivity index (χ4n) is 1.75. The lowest BCUT2D eigenvalue weighted by molar-refractivity contribution is 0.0199. The number of nitrogens with one attached hydrogen (secondary N) is 1. The molecule has 0 aliphatic heterocycles. The largest absolute Gasteiger partial charge is 0.390 e. The first-order valence-corrected chi connectivity index (χ1v) is 7.93. The summed E-state index contributed by atoms with van der Waals surface area (Å²) in [5.41, 5.74) is 0.485. The van der Waals surface area contributed by atoms with Gasteiger partial charge < -0.3 is 14.4 Å². The Hall–Kier alpha value is -1.03. The maximum atomic E-state index is 12.0. The van der Waals surface area contributed by atoms with E-state index < -0.39 is 23.1 Å². The minimum atomic E-state index is -3.76. The topological polar surface area (TPSA) is 80.6 Å². The number of rotatable bonds is 9. The maximum Gasteiger partial charge on any atom is 0.261 e. The van der Waals surface area contributed by atoms with E-state index in [9.17, 15) is 22.3 Å². The highest BCUT2D eigenvalue weighted by Crippen LogP contribution is 2.18. The van der Waals surface area contributed by atoms with Crippen molar-refractivity contribution in [2.24, 2.45) is 0 Å². The van der Waals surface area contributed by atoms with Crippen LogP contribution in [-0.4, -0.2) is 44.3 Å². The van der Waals surface area contributed by atoms with Crippen LogP contribution in [0.15, 0.2) is 17.2 Å². The van der Waals surface area contributed by atoms with Crippen LogP contribution in [0, 0.1) is 0 Å². The summed E-state index contributed by atoms with van der Waals surface area (Å²) in [5.74, 6) is 0. The fourth-order valence-corrected chi connectivity index (χ4v) is 2.82.